The first-order chi connectivity index (χ1) is 22.3. The highest BCUT2D eigenvalue weighted by atomic mass is 32.1. The molecule has 3 aromatic heterocycles. The van der Waals surface area contributed by atoms with E-state index in [4.69, 9.17) is 0 Å². The molecule has 3 heteroatoms. The van der Waals surface area contributed by atoms with Crippen molar-refractivity contribution in [1.82, 2.24) is 4.40 Å². The third-order valence-electron chi connectivity index (χ3n) is 9.30. The first-order valence-electron chi connectivity index (χ1n) is 15.4. The molecule has 0 unspecified atom stereocenters. The Balaban J connectivity index is 1.26. The lowest BCUT2D eigenvalue weighted by Crippen LogP contribution is -2.09. The van der Waals surface area contributed by atoms with Crippen molar-refractivity contribution in [2.24, 2.45) is 0 Å². The minimum atomic E-state index is 1.13. The largest absolute Gasteiger partial charge is 0.310 e. The Morgan fingerprint density at radius 3 is 1.62 bits per heavy atom. The Labute approximate surface area is 264 Å². The first-order valence-corrected chi connectivity index (χ1v) is 16.2. The maximum absolute atomic E-state index is 2.45. The number of rotatable bonds is 4. The number of aromatic nitrogens is 1. The van der Waals surface area contributed by atoms with Crippen LogP contribution in [0, 0.1) is 0 Å². The van der Waals surface area contributed by atoms with Crippen LogP contribution in [-0.2, 0) is 0 Å². The number of anilines is 3. The third kappa shape index (κ3) is 3.62. The number of hydrogen-bond donors (Lipinski definition) is 0. The fraction of sp³-hybridized carbons (Fsp3) is 0. The summed E-state index contributed by atoms with van der Waals surface area (Å²) in [4.78, 5) is 2.43. The van der Waals surface area contributed by atoms with Crippen molar-refractivity contribution >= 4 is 86.7 Å². The second-order valence-electron chi connectivity index (χ2n) is 11.8. The molecule has 7 aromatic carbocycles. The molecule has 0 atom stereocenters. The molecule has 0 saturated carbocycles. The van der Waals surface area contributed by atoms with Gasteiger partial charge in [-0.15, -0.1) is 11.3 Å². The van der Waals surface area contributed by atoms with E-state index in [-0.39, 0.29) is 0 Å². The maximum Gasteiger partial charge on any atom is 0.0622 e. The van der Waals surface area contributed by atoms with Gasteiger partial charge in [0.15, 0.2) is 0 Å². The van der Waals surface area contributed by atoms with Crippen LogP contribution >= 0.6 is 11.3 Å². The van der Waals surface area contributed by atoms with Gasteiger partial charge in [0.2, 0.25) is 0 Å². The van der Waals surface area contributed by atoms with Crippen LogP contribution in [0.4, 0.5) is 17.1 Å². The van der Waals surface area contributed by atoms with Crippen molar-refractivity contribution < 1.29 is 0 Å². The van der Waals surface area contributed by atoms with Crippen LogP contribution in [0.15, 0.2) is 158 Å². The summed E-state index contributed by atoms with van der Waals surface area (Å²) in [7, 11) is 0. The predicted molar refractivity (Wildman–Crippen MR) is 194 cm³/mol. The van der Waals surface area contributed by atoms with Crippen LogP contribution in [0.1, 0.15) is 0 Å². The van der Waals surface area contributed by atoms with Crippen molar-refractivity contribution in [3.8, 4) is 11.1 Å². The molecular weight excluding hydrogens is 565 g/mol. The van der Waals surface area contributed by atoms with E-state index in [1.54, 1.807) is 0 Å². The molecule has 3 heterocycles. The van der Waals surface area contributed by atoms with Crippen molar-refractivity contribution in [2.75, 3.05) is 4.90 Å². The predicted octanol–water partition coefficient (Wildman–Crippen LogP) is 12.3. The highest BCUT2D eigenvalue weighted by molar-refractivity contribution is 7.25. The molecule has 0 aliphatic heterocycles. The molecule has 0 N–H and O–H groups in total. The van der Waals surface area contributed by atoms with Gasteiger partial charge in [-0.05, 0) is 71.8 Å². The van der Waals surface area contributed by atoms with Gasteiger partial charge in [-0.1, -0.05) is 97.1 Å². The average Bonchev–Trinajstić information content (AvgIpc) is 3.76. The first kappa shape index (κ1) is 24.8. The summed E-state index contributed by atoms with van der Waals surface area (Å²) < 4.78 is 5.08. The molecule has 0 aliphatic carbocycles. The summed E-state index contributed by atoms with van der Waals surface area (Å²) in [6, 6.07) is 57.7. The van der Waals surface area contributed by atoms with Gasteiger partial charge in [0.25, 0.3) is 0 Å². The number of hydrogen-bond acceptors (Lipinski definition) is 2. The van der Waals surface area contributed by atoms with Gasteiger partial charge in [0, 0.05) is 58.8 Å². The van der Waals surface area contributed by atoms with Gasteiger partial charge in [0.05, 0.1) is 16.6 Å². The monoisotopic (exact) mass is 590 g/mol. The smallest absolute Gasteiger partial charge is 0.0622 e. The molecule has 2 nitrogen and oxygen atoms in total. The van der Waals surface area contributed by atoms with E-state index in [2.05, 4.69) is 167 Å². The van der Waals surface area contributed by atoms with E-state index in [0.717, 1.165) is 17.1 Å². The SMILES string of the molecule is c1ccc(-c2ccc(N(c3ccc4sc5ccccc5c4c3)c3cc4c5ccccc5n5c6ccccc6c(c3)c45)cc2)cc1. The Kier molecular flexibility index (Phi) is 5.19. The summed E-state index contributed by atoms with van der Waals surface area (Å²) in [6.45, 7) is 0. The Hall–Kier alpha value is -5.64. The summed E-state index contributed by atoms with van der Waals surface area (Å²) in [5, 5.41) is 7.73. The zero-order chi connectivity index (χ0) is 29.5. The molecule has 45 heavy (non-hydrogen) atoms. The van der Waals surface area contributed by atoms with Crippen LogP contribution in [0.5, 0.6) is 0 Å². The van der Waals surface area contributed by atoms with Crippen LogP contribution in [0.2, 0.25) is 0 Å². The molecule has 0 radical (unpaired) electrons. The quantitative estimate of drug-likeness (QED) is 0.198. The molecule has 10 aromatic rings. The molecular formula is C42H26N2S. The van der Waals surface area contributed by atoms with E-state index >= 15 is 0 Å². The maximum atomic E-state index is 2.45. The van der Waals surface area contributed by atoms with Gasteiger partial charge >= 0.3 is 0 Å². The molecule has 10 rings (SSSR count). The fourth-order valence-corrected chi connectivity index (χ4v) is 8.38. The molecule has 0 amide bonds. The number of benzene rings is 7. The van der Waals surface area contributed by atoms with E-state index < -0.39 is 0 Å². The van der Waals surface area contributed by atoms with Gasteiger partial charge in [0.1, 0.15) is 0 Å². The Bertz CT molecular complexity index is 2610. The topological polar surface area (TPSA) is 7.65 Å². The standard InChI is InChI=1S/C42H26N2S/c1-2-10-27(11-3-1)28-18-20-29(21-19-28)43(30-22-23-41-35(24-30)34-14-6-9-17-40(34)45-41)31-25-36-32-12-4-7-15-38(32)44-39-16-8-5-13-33(39)37(26-31)42(36)44/h1-26H. The molecule has 0 bridgehead atoms. The molecule has 0 aliphatic rings. The number of para-hydroxylation sites is 2. The highest BCUT2D eigenvalue weighted by Crippen LogP contribution is 2.46. The van der Waals surface area contributed by atoms with Crippen molar-refractivity contribution in [3.05, 3.63) is 158 Å². The Morgan fingerprint density at radius 2 is 0.911 bits per heavy atom. The number of nitrogens with zero attached hydrogens (tertiary/aromatic N) is 2. The van der Waals surface area contributed by atoms with Crippen molar-refractivity contribution in [1.29, 1.82) is 0 Å². The Morgan fingerprint density at radius 1 is 0.378 bits per heavy atom. The van der Waals surface area contributed by atoms with Gasteiger partial charge in [-0.3, -0.25) is 0 Å². The number of thiophene rings is 1. The summed E-state index contributed by atoms with van der Waals surface area (Å²) in [5.41, 5.74) is 9.67. The minimum absolute atomic E-state index is 1.13. The lowest BCUT2D eigenvalue weighted by atomic mass is 10.0. The van der Waals surface area contributed by atoms with Crippen molar-refractivity contribution in [3.63, 3.8) is 0 Å². The third-order valence-corrected chi connectivity index (χ3v) is 10.4. The molecule has 210 valence electrons. The zero-order valence-electron chi connectivity index (χ0n) is 24.3. The van der Waals surface area contributed by atoms with Crippen LogP contribution in [-0.4, -0.2) is 4.40 Å². The lowest BCUT2D eigenvalue weighted by Gasteiger charge is -2.26. The van der Waals surface area contributed by atoms with E-state index in [1.165, 1.54) is 69.4 Å². The van der Waals surface area contributed by atoms with Crippen LogP contribution in [0.3, 0.4) is 0 Å². The van der Waals surface area contributed by atoms with Crippen LogP contribution < -0.4 is 4.90 Å². The van der Waals surface area contributed by atoms with E-state index in [0.29, 0.717) is 0 Å². The summed E-state index contributed by atoms with van der Waals surface area (Å²) in [6.07, 6.45) is 0. The lowest BCUT2D eigenvalue weighted by molar-refractivity contribution is 1.30. The second-order valence-corrected chi connectivity index (χ2v) is 12.9. The highest BCUT2D eigenvalue weighted by Gasteiger charge is 2.22. The normalized spacial score (nSPS) is 12.0. The van der Waals surface area contributed by atoms with E-state index in [9.17, 15) is 0 Å². The molecule has 0 fully saturated rings. The molecule has 0 spiro atoms. The molecule has 0 saturated heterocycles. The second kappa shape index (κ2) is 9.43. The summed E-state index contributed by atoms with van der Waals surface area (Å²) >= 11 is 1.86. The fourth-order valence-electron chi connectivity index (χ4n) is 7.30. The van der Waals surface area contributed by atoms with Crippen molar-refractivity contribution in [2.45, 2.75) is 0 Å². The van der Waals surface area contributed by atoms with Gasteiger partial charge in [-0.25, -0.2) is 0 Å². The summed E-state index contributed by atoms with van der Waals surface area (Å²) in [5.74, 6) is 0. The average molecular weight is 591 g/mol. The number of fused-ring (bicyclic) bond motifs is 9. The van der Waals surface area contributed by atoms with Gasteiger partial charge in [-0.2, -0.15) is 0 Å². The van der Waals surface area contributed by atoms with E-state index in [1.807, 2.05) is 11.3 Å². The van der Waals surface area contributed by atoms with Gasteiger partial charge < -0.3 is 9.30 Å². The minimum Gasteiger partial charge on any atom is -0.310 e. The zero-order valence-corrected chi connectivity index (χ0v) is 25.1. The van der Waals surface area contributed by atoms with Crippen LogP contribution in [0.25, 0.3) is 69.4 Å².